The molecule has 0 radical (unpaired) electrons. The summed E-state index contributed by atoms with van der Waals surface area (Å²) >= 11 is 0. The molecule has 0 unspecified atom stereocenters. The molecule has 0 spiro atoms. The van der Waals surface area contributed by atoms with Gasteiger partial charge in [-0.3, -0.25) is 4.79 Å². The van der Waals surface area contributed by atoms with Crippen LogP contribution in [0.15, 0.2) is 89.8 Å². The van der Waals surface area contributed by atoms with Crippen molar-refractivity contribution in [1.82, 2.24) is 4.31 Å². The van der Waals surface area contributed by atoms with Crippen LogP contribution in [0.2, 0.25) is 0 Å². The molecule has 158 valence electrons. The molecule has 1 aliphatic rings. The second-order valence-electron chi connectivity index (χ2n) is 7.47. The Morgan fingerprint density at radius 2 is 1.55 bits per heavy atom. The Balaban J connectivity index is 1.68. The summed E-state index contributed by atoms with van der Waals surface area (Å²) in [7, 11) is -2.35. The molecule has 4 rings (SSSR count). The molecule has 31 heavy (non-hydrogen) atoms. The fourth-order valence-electron chi connectivity index (χ4n) is 3.68. The standard InChI is InChI=1S/C25H23NO4S/c1-18-8-15-22(16-9-18)31(28,29)26-24(20-6-4-3-5-7-20)23(25(26)27)17-12-19-10-13-21(30-2)14-11-19/h3-17,23-24H,1-2H3/b17-12-/t23-,24-/m1/s1. The lowest BCUT2D eigenvalue weighted by Gasteiger charge is -2.45. The first kappa shape index (κ1) is 20.9. The lowest BCUT2D eigenvalue weighted by Crippen LogP contribution is -2.56. The predicted molar refractivity (Wildman–Crippen MR) is 120 cm³/mol. The van der Waals surface area contributed by atoms with Gasteiger partial charge < -0.3 is 4.74 Å². The van der Waals surface area contributed by atoms with E-state index in [4.69, 9.17) is 4.74 Å². The van der Waals surface area contributed by atoms with Crippen molar-refractivity contribution >= 4 is 22.0 Å². The van der Waals surface area contributed by atoms with Crippen LogP contribution in [0.3, 0.4) is 0 Å². The van der Waals surface area contributed by atoms with Gasteiger partial charge in [0.1, 0.15) is 5.75 Å². The molecule has 0 aliphatic carbocycles. The second kappa shape index (κ2) is 8.40. The lowest BCUT2D eigenvalue weighted by atomic mass is 9.84. The van der Waals surface area contributed by atoms with E-state index in [0.29, 0.717) is 0 Å². The van der Waals surface area contributed by atoms with Gasteiger partial charge in [-0.05, 0) is 42.3 Å². The molecule has 0 aromatic heterocycles. The molecule has 6 heteroatoms. The molecular formula is C25H23NO4S. The van der Waals surface area contributed by atoms with Gasteiger partial charge in [0.2, 0.25) is 5.91 Å². The summed E-state index contributed by atoms with van der Waals surface area (Å²) in [4.78, 5) is 13.1. The zero-order valence-electron chi connectivity index (χ0n) is 17.3. The molecule has 3 aromatic carbocycles. The molecule has 1 saturated heterocycles. The summed E-state index contributed by atoms with van der Waals surface area (Å²) in [5.41, 5.74) is 2.64. The number of benzene rings is 3. The van der Waals surface area contributed by atoms with Gasteiger partial charge in [-0.25, -0.2) is 12.7 Å². The number of β-lactam (4-membered cyclic amide) rings is 1. The van der Waals surface area contributed by atoms with E-state index < -0.39 is 27.9 Å². The van der Waals surface area contributed by atoms with Crippen LogP contribution in [0.4, 0.5) is 0 Å². The smallest absolute Gasteiger partial charge is 0.267 e. The first-order valence-corrected chi connectivity index (χ1v) is 11.4. The van der Waals surface area contributed by atoms with Crippen LogP contribution in [0.25, 0.3) is 6.08 Å². The molecule has 0 bridgehead atoms. The van der Waals surface area contributed by atoms with Crippen LogP contribution in [0.5, 0.6) is 5.75 Å². The van der Waals surface area contributed by atoms with Crippen molar-refractivity contribution in [2.24, 2.45) is 5.92 Å². The highest BCUT2D eigenvalue weighted by atomic mass is 32.2. The Labute approximate surface area is 182 Å². The van der Waals surface area contributed by atoms with Gasteiger partial charge in [0.15, 0.2) is 0 Å². The fraction of sp³-hybridized carbons (Fsp3) is 0.160. The zero-order valence-corrected chi connectivity index (χ0v) is 18.1. The number of aryl methyl sites for hydroxylation is 1. The Morgan fingerprint density at radius 1 is 0.903 bits per heavy atom. The third-order valence-corrected chi connectivity index (χ3v) is 7.22. The number of hydrogen-bond acceptors (Lipinski definition) is 4. The third-order valence-electron chi connectivity index (χ3n) is 5.43. The summed E-state index contributed by atoms with van der Waals surface area (Å²) in [6.45, 7) is 1.89. The van der Waals surface area contributed by atoms with E-state index in [9.17, 15) is 13.2 Å². The van der Waals surface area contributed by atoms with Crippen molar-refractivity contribution < 1.29 is 17.9 Å². The molecule has 1 amide bonds. The first-order valence-electron chi connectivity index (χ1n) is 9.94. The third kappa shape index (κ3) is 3.99. The molecular weight excluding hydrogens is 410 g/mol. The molecule has 5 nitrogen and oxygen atoms in total. The lowest BCUT2D eigenvalue weighted by molar-refractivity contribution is -0.143. The van der Waals surface area contributed by atoms with Crippen molar-refractivity contribution in [1.29, 1.82) is 0 Å². The van der Waals surface area contributed by atoms with Crippen molar-refractivity contribution in [3.05, 3.63) is 102 Å². The van der Waals surface area contributed by atoms with Gasteiger partial charge in [-0.2, -0.15) is 0 Å². The highest BCUT2D eigenvalue weighted by molar-refractivity contribution is 7.89. The van der Waals surface area contributed by atoms with E-state index in [1.165, 1.54) is 0 Å². The minimum atomic E-state index is -3.96. The van der Waals surface area contributed by atoms with E-state index >= 15 is 0 Å². The number of rotatable bonds is 6. The van der Waals surface area contributed by atoms with Crippen LogP contribution in [-0.2, 0) is 14.8 Å². The number of ether oxygens (including phenoxy) is 1. The zero-order chi connectivity index (χ0) is 22.0. The van der Waals surface area contributed by atoms with E-state index in [-0.39, 0.29) is 4.90 Å². The summed E-state index contributed by atoms with van der Waals surface area (Å²) in [6, 6.07) is 22.7. The van der Waals surface area contributed by atoms with Crippen LogP contribution in [0, 0.1) is 12.8 Å². The van der Waals surface area contributed by atoms with Crippen molar-refractivity contribution in [2.75, 3.05) is 7.11 Å². The normalized spacial score (nSPS) is 18.8. The van der Waals surface area contributed by atoms with Crippen LogP contribution in [0.1, 0.15) is 22.7 Å². The maximum Gasteiger partial charge on any atom is 0.267 e. The minimum absolute atomic E-state index is 0.116. The van der Waals surface area contributed by atoms with E-state index in [1.807, 2.05) is 67.6 Å². The van der Waals surface area contributed by atoms with Gasteiger partial charge in [0.05, 0.1) is 24.0 Å². The molecule has 2 atom stereocenters. The first-order chi connectivity index (χ1) is 14.9. The number of carbonyl (C=O) groups is 1. The maximum absolute atomic E-state index is 13.3. The van der Waals surface area contributed by atoms with E-state index in [1.54, 1.807) is 37.5 Å². The number of amides is 1. The van der Waals surface area contributed by atoms with Crippen LogP contribution < -0.4 is 4.74 Å². The van der Waals surface area contributed by atoms with Gasteiger partial charge in [0.25, 0.3) is 10.0 Å². The van der Waals surface area contributed by atoms with Crippen molar-refractivity contribution in [2.45, 2.75) is 17.9 Å². The van der Waals surface area contributed by atoms with E-state index in [0.717, 1.165) is 26.7 Å². The molecule has 1 aliphatic heterocycles. The van der Waals surface area contributed by atoms with Gasteiger partial charge >= 0.3 is 0 Å². The Kier molecular flexibility index (Phi) is 5.65. The Bertz CT molecular complexity index is 1200. The minimum Gasteiger partial charge on any atom is -0.497 e. The molecule has 1 heterocycles. The van der Waals surface area contributed by atoms with Crippen LogP contribution in [-0.4, -0.2) is 25.7 Å². The van der Waals surface area contributed by atoms with Crippen molar-refractivity contribution in [3.8, 4) is 5.75 Å². The highest BCUT2D eigenvalue weighted by Gasteiger charge is 2.53. The number of nitrogens with zero attached hydrogens (tertiary/aromatic N) is 1. The molecule has 3 aromatic rings. The molecule has 0 N–H and O–H groups in total. The monoisotopic (exact) mass is 433 g/mol. The Hall–Kier alpha value is -3.38. The summed E-state index contributed by atoms with van der Waals surface area (Å²) in [6.07, 6.45) is 3.62. The summed E-state index contributed by atoms with van der Waals surface area (Å²) in [5, 5.41) is 0. The number of sulfonamides is 1. The van der Waals surface area contributed by atoms with E-state index in [2.05, 4.69) is 0 Å². The quantitative estimate of drug-likeness (QED) is 0.533. The second-order valence-corrected chi connectivity index (χ2v) is 9.28. The molecule has 0 saturated carbocycles. The highest BCUT2D eigenvalue weighted by Crippen LogP contribution is 2.44. The maximum atomic E-state index is 13.3. The SMILES string of the molecule is COc1ccc(/C=C\[C@H]2C(=O)N(S(=O)(=O)c3ccc(C)cc3)[C@@H]2c2ccccc2)cc1. The number of methoxy groups -OCH3 is 1. The fourth-order valence-corrected chi connectivity index (χ4v) is 5.30. The Morgan fingerprint density at radius 3 is 2.16 bits per heavy atom. The number of carbonyl (C=O) groups excluding carboxylic acids is 1. The van der Waals surface area contributed by atoms with Gasteiger partial charge in [-0.15, -0.1) is 0 Å². The average molecular weight is 434 g/mol. The summed E-state index contributed by atoms with van der Waals surface area (Å²) < 4.78 is 32.7. The predicted octanol–water partition coefficient (Wildman–Crippen LogP) is 4.61. The average Bonchev–Trinajstić information content (AvgIpc) is 2.78. The largest absolute Gasteiger partial charge is 0.497 e. The van der Waals surface area contributed by atoms with Gasteiger partial charge in [0, 0.05) is 0 Å². The summed E-state index contributed by atoms with van der Waals surface area (Å²) in [5.74, 6) is -0.252. The molecule has 1 fully saturated rings. The topological polar surface area (TPSA) is 63.7 Å². The van der Waals surface area contributed by atoms with Crippen LogP contribution >= 0.6 is 0 Å². The number of hydrogen-bond donors (Lipinski definition) is 0. The van der Waals surface area contributed by atoms with Gasteiger partial charge in [-0.1, -0.05) is 72.3 Å². The van der Waals surface area contributed by atoms with Crippen molar-refractivity contribution in [3.63, 3.8) is 0 Å².